The third kappa shape index (κ3) is 3.12. The molecule has 76 valence electrons. The Morgan fingerprint density at radius 3 is 2.46 bits per heavy atom. The van der Waals surface area contributed by atoms with Crippen LogP contribution >= 0.6 is 0 Å². The molecule has 2 atom stereocenters. The summed E-state index contributed by atoms with van der Waals surface area (Å²) in [6.45, 7) is 7.72. The zero-order valence-electron chi connectivity index (χ0n) is 8.62. The molecule has 0 amide bonds. The Labute approximate surface area is 80.6 Å². The number of ether oxygens (including phenoxy) is 1. The van der Waals surface area contributed by atoms with E-state index in [2.05, 4.69) is 6.58 Å². The molecule has 2 heteroatoms. The van der Waals surface area contributed by atoms with Gasteiger partial charge < -0.3 is 9.84 Å². The van der Waals surface area contributed by atoms with Crippen molar-refractivity contribution in [1.29, 1.82) is 0 Å². The number of allylic oxidation sites excluding steroid dienone is 1. The second kappa shape index (κ2) is 4.25. The Bertz CT molecular complexity index is 167. The summed E-state index contributed by atoms with van der Waals surface area (Å²) in [6, 6.07) is 0. The van der Waals surface area contributed by atoms with Crippen molar-refractivity contribution in [2.75, 3.05) is 0 Å². The predicted octanol–water partition coefficient (Wildman–Crippen LogP) is 2.27. The van der Waals surface area contributed by atoms with E-state index in [-0.39, 0.29) is 12.2 Å². The Morgan fingerprint density at radius 1 is 1.46 bits per heavy atom. The molecule has 0 aliphatic carbocycles. The van der Waals surface area contributed by atoms with Crippen LogP contribution in [-0.2, 0) is 4.74 Å². The van der Waals surface area contributed by atoms with Crippen molar-refractivity contribution < 1.29 is 9.84 Å². The van der Waals surface area contributed by atoms with Crippen molar-refractivity contribution in [2.24, 2.45) is 0 Å². The summed E-state index contributed by atoms with van der Waals surface area (Å²) in [4.78, 5) is 0. The molecule has 0 spiro atoms. The first-order valence-electron chi connectivity index (χ1n) is 5.04. The number of hydrogen-bond acceptors (Lipinski definition) is 2. The van der Waals surface area contributed by atoms with Crippen molar-refractivity contribution in [2.45, 2.75) is 57.3 Å². The van der Waals surface area contributed by atoms with Crippen LogP contribution in [0.1, 0.15) is 39.5 Å². The Balaban J connectivity index is 2.50. The summed E-state index contributed by atoms with van der Waals surface area (Å²) in [6.07, 6.45) is 5.43. The second-order valence-corrected chi connectivity index (χ2v) is 4.22. The monoisotopic (exact) mass is 184 g/mol. The van der Waals surface area contributed by atoms with E-state index in [1.165, 1.54) is 0 Å². The van der Waals surface area contributed by atoms with Crippen LogP contribution in [0, 0.1) is 0 Å². The van der Waals surface area contributed by atoms with Crippen LogP contribution in [-0.4, -0.2) is 22.9 Å². The molecule has 0 radical (unpaired) electrons. The van der Waals surface area contributed by atoms with E-state index in [1.807, 2.05) is 19.9 Å². The maximum absolute atomic E-state index is 10.2. The Kier molecular flexibility index (Phi) is 3.51. The van der Waals surface area contributed by atoms with Gasteiger partial charge in [-0.2, -0.15) is 0 Å². The lowest BCUT2D eigenvalue weighted by Gasteiger charge is -2.39. The predicted molar refractivity (Wildman–Crippen MR) is 53.6 cm³/mol. The molecule has 1 aliphatic rings. The third-order valence-corrected chi connectivity index (χ3v) is 2.61. The Hall–Kier alpha value is -0.340. The number of rotatable bonds is 3. The van der Waals surface area contributed by atoms with E-state index in [0.29, 0.717) is 0 Å². The third-order valence-electron chi connectivity index (χ3n) is 2.61. The summed E-state index contributed by atoms with van der Waals surface area (Å²) in [5.41, 5.74) is -0.523. The summed E-state index contributed by atoms with van der Waals surface area (Å²) >= 11 is 0. The van der Waals surface area contributed by atoms with E-state index < -0.39 is 5.60 Å². The highest BCUT2D eigenvalue weighted by molar-refractivity contribution is 4.89. The normalized spacial score (nSPS) is 40.2. The summed E-state index contributed by atoms with van der Waals surface area (Å²) in [7, 11) is 0. The van der Waals surface area contributed by atoms with Crippen molar-refractivity contribution >= 4 is 0 Å². The SMILES string of the molecule is C=CCCC1(O)CC(C)OC(C)C1. The summed E-state index contributed by atoms with van der Waals surface area (Å²) in [5, 5.41) is 10.2. The molecule has 0 aromatic rings. The smallest absolute Gasteiger partial charge is 0.0699 e. The molecule has 1 heterocycles. The summed E-state index contributed by atoms with van der Waals surface area (Å²) < 4.78 is 5.58. The average Bonchev–Trinajstić information content (AvgIpc) is 1.98. The number of hydrogen-bond donors (Lipinski definition) is 1. The standard InChI is InChI=1S/C11H20O2/c1-4-5-6-11(12)7-9(2)13-10(3)8-11/h4,9-10,12H,1,5-8H2,2-3H3. The topological polar surface area (TPSA) is 29.5 Å². The van der Waals surface area contributed by atoms with Crippen LogP contribution in [0.3, 0.4) is 0 Å². The van der Waals surface area contributed by atoms with Gasteiger partial charge in [-0.15, -0.1) is 6.58 Å². The molecule has 1 aliphatic heterocycles. The highest BCUT2D eigenvalue weighted by Gasteiger charge is 2.35. The molecule has 0 aromatic carbocycles. The van der Waals surface area contributed by atoms with Gasteiger partial charge in [-0.3, -0.25) is 0 Å². The molecule has 2 unspecified atom stereocenters. The molecule has 13 heavy (non-hydrogen) atoms. The van der Waals surface area contributed by atoms with E-state index in [9.17, 15) is 5.11 Å². The quantitative estimate of drug-likeness (QED) is 0.682. The molecular weight excluding hydrogens is 164 g/mol. The van der Waals surface area contributed by atoms with Gasteiger partial charge >= 0.3 is 0 Å². The molecule has 1 rings (SSSR count). The number of aliphatic hydroxyl groups is 1. The van der Waals surface area contributed by atoms with Crippen LogP contribution in [0.2, 0.25) is 0 Å². The largest absolute Gasteiger partial charge is 0.390 e. The highest BCUT2D eigenvalue weighted by Crippen LogP contribution is 2.32. The molecule has 1 N–H and O–H groups in total. The van der Waals surface area contributed by atoms with Gasteiger partial charge in [0, 0.05) is 12.8 Å². The maximum atomic E-state index is 10.2. The zero-order valence-corrected chi connectivity index (χ0v) is 8.62. The maximum Gasteiger partial charge on any atom is 0.0699 e. The first-order valence-corrected chi connectivity index (χ1v) is 5.04. The molecule has 0 aromatic heterocycles. The van der Waals surface area contributed by atoms with Crippen LogP contribution in [0.5, 0.6) is 0 Å². The van der Waals surface area contributed by atoms with E-state index in [0.717, 1.165) is 25.7 Å². The minimum atomic E-state index is -0.523. The minimum absolute atomic E-state index is 0.179. The fourth-order valence-electron chi connectivity index (χ4n) is 2.22. The van der Waals surface area contributed by atoms with E-state index >= 15 is 0 Å². The first-order chi connectivity index (χ1) is 6.06. The van der Waals surface area contributed by atoms with Gasteiger partial charge in [0.1, 0.15) is 0 Å². The lowest BCUT2D eigenvalue weighted by Crippen LogP contribution is -2.43. The lowest BCUT2D eigenvalue weighted by atomic mass is 9.84. The van der Waals surface area contributed by atoms with E-state index in [4.69, 9.17) is 4.74 Å². The fraction of sp³-hybridized carbons (Fsp3) is 0.818. The highest BCUT2D eigenvalue weighted by atomic mass is 16.5. The van der Waals surface area contributed by atoms with Crippen LogP contribution in [0.15, 0.2) is 12.7 Å². The van der Waals surface area contributed by atoms with Crippen LogP contribution in [0.4, 0.5) is 0 Å². The van der Waals surface area contributed by atoms with Gasteiger partial charge in [0.25, 0.3) is 0 Å². The van der Waals surface area contributed by atoms with Gasteiger partial charge in [-0.05, 0) is 26.7 Å². The van der Waals surface area contributed by atoms with Crippen LogP contribution in [0.25, 0.3) is 0 Å². The van der Waals surface area contributed by atoms with Crippen molar-refractivity contribution in [3.8, 4) is 0 Å². The zero-order chi connectivity index (χ0) is 9.90. The minimum Gasteiger partial charge on any atom is -0.390 e. The molecule has 1 fully saturated rings. The summed E-state index contributed by atoms with van der Waals surface area (Å²) in [5.74, 6) is 0. The Morgan fingerprint density at radius 2 is 2.00 bits per heavy atom. The average molecular weight is 184 g/mol. The molecule has 0 saturated carbocycles. The molecule has 0 bridgehead atoms. The molecule has 1 saturated heterocycles. The molecule has 2 nitrogen and oxygen atoms in total. The fourth-order valence-corrected chi connectivity index (χ4v) is 2.22. The second-order valence-electron chi connectivity index (χ2n) is 4.22. The molecular formula is C11H20O2. The van der Waals surface area contributed by atoms with Gasteiger partial charge in [-0.1, -0.05) is 6.08 Å². The van der Waals surface area contributed by atoms with Gasteiger partial charge in [0.15, 0.2) is 0 Å². The van der Waals surface area contributed by atoms with Crippen molar-refractivity contribution in [1.82, 2.24) is 0 Å². The van der Waals surface area contributed by atoms with E-state index in [1.54, 1.807) is 0 Å². The van der Waals surface area contributed by atoms with Crippen molar-refractivity contribution in [3.05, 3.63) is 12.7 Å². The van der Waals surface area contributed by atoms with Crippen molar-refractivity contribution in [3.63, 3.8) is 0 Å². The van der Waals surface area contributed by atoms with Gasteiger partial charge in [-0.25, -0.2) is 0 Å². The first kappa shape index (κ1) is 10.7. The van der Waals surface area contributed by atoms with Gasteiger partial charge in [0.05, 0.1) is 17.8 Å². The van der Waals surface area contributed by atoms with Crippen LogP contribution < -0.4 is 0 Å². The lowest BCUT2D eigenvalue weighted by molar-refractivity contribution is -0.133. The van der Waals surface area contributed by atoms with Gasteiger partial charge in [0.2, 0.25) is 0 Å².